The van der Waals surface area contributed by atoms with Gasteiger partial charge < -0.3 is 0 Å². The van der Waals surface area contributed by atoms with Gasteiger partial charge in [0.15, 0.2) is 24.3 Å². The molecular formula is C4H4N4S2. The molecule has 6 heteroatoms. The molecule has 0 aliphatic heterocycles. The molecule has 0 spiro atoms. The van der Waals surface area contributed by atoms with Crippen LogP contribution in [-0.2, 0) is 0 Å². The van der Waals surface area contributed by atoms with E-state index in [9.17, 15) is 0 Å². The Balaban J connectivity index is -0.0000000300. The van der Waals surface area contributed by atoms with E-state index in [0.29, 0.717) is 0 Å². The fraction of sp³-hybridized carbons (Fsp3) is 0. The quantitative estimate of drug-likeness (QED) is 0.524. The van der Waals surface area contributed by atoms with Crippen molar-refractivity contribution in [1.82, 2.24) is 0 Å². The van der Waals surface area contributed by atoms with Gasteiger partial charge in [0.05, 0.1) is 0 Å². The van der Waals surface area contributed by atoms with Crippen LogP contribution >= 0.6 is 27.0 Å². The summed E-state index contributed by atoms with van der Waals surface area (Å²) < 4.78 is 0. The molecule has 0 rings (SSSR count). The van der Waals surface area contributed by atoms with Crippen LogP contribution in [0, 0.1) is 45.3 Å². The summed E-state index contributed by atoms with van der Waals surface area (Å²) in [6.45, 7) is 0. The van der Waals surface area contributed by atoms with Crippen molar-refractivity contribution in [1.29, 1.82) is 21.0 Å². The summed E-state index contributed by atoms with van der Waals surface area (Å²) in [6, 6.07) is 4.94. The van der Waals surface area contributed by atoms with Crippen molar-refractivity contribution in [3.05, 3.63) is 0 Å². The van der Waals surface area contributed by atoms with Gasteiger partial charge in [-0.15, -0.1) is 0 Å². The second kappa shape index (κ2) is 48.0. The molecule has 0 aromatic carbocycles. The molecule has 0 radical (unpaired) electrons. The highest BCUT2D eigenvalue weighted by molar-refractivity contribution is 7.59. The molecule has 0 aliphatic rings. The van der Waals surface area contributed by atoms with Crippen molar-refractivity contribution in [3.8, 4) is 24.3 Å². The van der Waals surface area contributed by atoms with Gasteiger partial charge in [0.1, 0.15) is 0 Å². The highest BCUT2D eigenvalue weighted by Crippen LogP contribution is 1.27. The Morgan fingerprint density at radius 2 is 0.600 bits per heavy atom. The van der Waals surface area contributed by atoms with E-state index in [1.54, 1.807) is 0 Å². The molecule has 52 valence electrons. The Bertz CT molecular complexity index is 149. The van der Waals surface area contributed by atoms with Crippen LogP contribution in [0.5, 0.6) is 0 Å². The predicted octanol–water partition coefficient (Wildman–Crippen LogP) is 0.293. The number of nitriles is 4. The Morgan fingerprint density at radius 1 is 0.500 bits per heavy atom. The molecule has 0 aromatic heterocycles. The molecule has 0 N–H and O–H groups in total. The first kappa shape index (κ1) is 23.4. The van der Waals surface area contributed by atoms with Crippen molar-refractivity contribution in [3.63, 3.8) is 0 Å². The van der Waals surface area contributed by atoms with Gasteiger partial charge in [-0.25, -0.2) is 0 Å². The zero-order valence-corrected chi connectivity index (χ0v) is 6.79. The minimum absolute atomic E-state index is 0. The van der Waals surface area contributed by atoms with Crippen LogP contribution in [0.4, 0.5) is 0 Å². The third-order valence-corrected chi connectivity index (χ3v) is 0.100. The van der Waals surface area contributed by atoms with Gasteiger partial charge >= 0.3 is 0 Å². The minimum atomic E-state index is 0. The van der Waals surface area contributed by atoms with E-state index in [1.807, 2.05) is 0 Å². The lowest BCUT2D eigenvalue weighted by atomic mass is 10.9. The summed E-state index contributed by atoms with van der Waals surface area (Å²) in [5.41, 5.74) is 0. The lowest BCUT2D eigenvalue weighted by molar-refractivity contribution is 1.49. The van der Waals surface area contributed by atoms with Gasteiger partial charge in [0, 0.05) is 0 Å². The standard InChI is InChI=1S/2C2N2.2H2S/c2*3-1-2-4;;/h;;2*1H2. The van der Waals surface area contributed by atoms with E-state index in [1.165, 1.54) is 24.3 Å². The number of nitrogens with zero attached hydrogens (tertiary/aromatic N) is 4. The Labute approximate surface area is 72.8 Å². The maximum Gasteiger partial charge on any atom is 0.181 e. The summed E-state index contributed by atoms with van der Waals surface area (Å²) in [5.74, 6) is 0. The average Bonchev–Trinajstić information content (AvgIpc) is 1.88. The van der Waals surface area contributed by atoms with Gasteiger partial charge in [-0.1, -0.05) is 0 Å². The van der Waals surface area contributed by atoms with Crippen molar-refractivity contribution < 1.29 is 0 Å². The van der Waals surface area contributed by atoms with Gasteiger partial charge in [0.25, 0.3) is 0 Å². The Morgan fingerprint density at radius 3 is 0.600 bits per heavy atom. The van der Waals surface area contributed by atoms with E-state index >= 15 is 0 Å². The predicted molar refractivity (Wildman–Crippen MR) is 43.2 cm³/mol. The number of rotatable bonds is 0. The molecule has 0 atom stereocenters. The van der Waals surface area contributed by atoms with Crippen LogP contribution in [0.2, 0.25) is 0 Å². The summed E-state index contributed by atoms with van der Waals surface area (Å²) in [5, 5.41) is 29.1. The molecule has 0 saturated carbocycles. The summed E-state index contributed by atoms with van der Waals surface area (Å²) in [6.07, 6.45) is 0. The lowest BCUT2D eigenvalue weighted by Gasteiger charge is -1.16. The molecule has 0 unspecified atom stereocenters. The van der Waals surface area contributed by atoms with E-state index in [-0.39, 0.29) is 27.0 Å². The van der Waals surface area contributed by atoms with Crippen molar-refractivity contribution in [2.24, 2.45) is 0 Å². The van der Waals surface area contributed by atoms with Gasteiger partial charge in [-0.2, -0.15) is 48.0 Å². The zero-order chi connectivity index (χ0) is 6.83. The average molecular weight is 172 g/mol. The fourth-order valence-electron chi connectivity index (χ4n) is 0. The molecule has 0 fully saturated rings. The molecule has 0 saturated heterocycles. The highest BCUT2D eigenvalue weighted by atomic mass is 32.1. The summed E-state index contributed by atoms with van der Waals surface area (Å²) in [7, 11) is 0. The van der Waals surface area contributed by atoms with Crippen LogP contribution in [0.1, 0.15) is 0 Å². The van der Waals surface area contributed by atoms with Crippen LogP contribution in [0.15, 0.2) is 0 Å². The van der Waals surface area contributed by atoms with Crippen LogP contribution in [-0.4, -0.2) is 0 Å². The maximum atomic E-state index is 7.26. The zero-order valence-electron chi connectivity index (χ0n) is 4.79. The number of hydrogen-bond donors (Lipinski definition) is 0. The number of hydrogen-bond acceptors (Lipinski definition) is 4. The van der Waals surface area contributed by atoms with Crippen molar-refractivity contribution in [2.75, 3.05) is 0 Å². The molecule has 0 amide bonds. The molecule has 0 aromatic rings. The van der Waals surface area contributed by atoms with Crippen molar-refractivity contribution in [2.45, 2.75) is 0 Å². The fourth-order valence-corrected chi connectivity index (χ4v) is 0. The maximum absolute atomic E-state index is 7.26. The van der Waals surface area contributed by atoms with Crippen LogP contribution in [0.3, 0.4) is 0 Å². The smallest absolute Gasteiger partial charge is 0.181 e. The first-order valence-electron chi connectivity index (χ1n) is 1.39. The SMILES string of the molecule is N#CC#N.N#CC#N.S.S. The first-order valence-corrected chi connectivity index (χ1v) is 1.39. The second-order valence-corrected chi connectivity index (χ2v) is 0.447. The summed E-state index contributed by atoms with van der Waals surface area (Å²) in [4.78, 5) is 0. The van der Waals surface area contributed by atoms with E-state index < -0.39 is 0 Å². The van der Waals surface area contributed by atoms with Crippen LogP contribution in [0.25, 0.3) is 0 Å². The van der Waals surface area contributed by atoms with Gasteiger partial charge in [0.2, 0.25) is 0 Å². The third-order valence-electron chi connectivity index (χ3n) is 0.100. The summed E-state index contributed by atoms with van der Waals surface area (Å²) >= 11 is 0. The molecular weight excluding hydrogens is 168 g/mol. The molecule has 0 heterocycles. The van der Waals surface area contributed by atoms with Gasteiger partial charge in [-0.3, -0.25) is 0 Å². The normalized spacial score (nSPS) is 2.00. The third kappa shape index (κ3) is 490. The second-order valence-electron chi connectivity index (χ2n) is 0.447. The lowest BCUT2D eigenvalue weighted by Crippen LogP contribution is -1.26. The molecule has 0 bridgehead atoms. The molecule has 4 nitrogen and oxygen atoms in total. The minimum Gasteiger partial charge on any atom is -0.197 e. The van der Waals surface area contributed by atoms with E-state index in [4.69, 9.17) is 21.0 Å². The molecule has 10 heavy (non-hydrogen) atoms. The largest absolute Gasteiger partial charge is 0.197 e. The van der Waals surface area contributed by atoms with Gasteiger partial charge in [-0.05, 0) is 0 Å². The topological polar surface area (TPSA) is 95.2 Å². The van der Waals surface area contributed by atoms with Crippen molar-refractivity contribution >= 4 is 27.0 Å². The Kier molecular flexibility index (Phi) is 112. The van der Waals surface area contributed by atoms with E-state index in [0.717, 1.165) is 0 Å². The highest BCUT2D eigenvalue weighted by Gasteiger charge is 1.40. The molecule has 0 aliphatic carbocycles. The van der Waals surface area contributed by atoms with Crippen LogP contribution < -0.4 is 0 Å². The Hall–Kier alpha value is -1.34. The van der Waals surface area contributed by atoms with E-state index in [2.05, 4.69) is 0 Å². The monoisotopic (exact) mass is 172 g/mol. The first-order chi connectivity index (χ1) is 3.83.